The Morgan fingerprint density at radius 3 is 2.28 bits per heavy atom. The summed E-state index contributed by atoms with van der Waals surface area (Å²) in [7, 11) is 0. The lowest BCUT2D eigenvalue weighted by Gasteiger charge is -2.14. The largest absolute Gasteiger partial charge is 0.476 e. The molecule has 2 N–H and O–H groups in total. The molecular weight excluding hydrogens is 370 g/mol. The first kappa shape index (κ1) is 17.5. The average molecular weight is 389 g/mol. The number of rotatable bonds is 5. The van der Waals surface area contributed by atoms with Gasteiger partial charge in [0.15, 0.2) is 11.5 Å². The van der Waals surface area contributed by atoms with E-state index in [0.29, 0.717) is 0 Å². The van der Waals surface area contributed by atoms with Crippen LogP contribution >= 0.6 is 0 Å². The SMILES string of the molecule is O=C(Nc1ncn(C2CC2)c1C(=O)O)OCC1c2ccccc2-c2ccccc21. The van der Waals surface area contributed by atoms with E-state index in [2.05, 4.69) is 22.4 Å². The van der Waals surface area contributed by atoms with Crippen molar-refractivity contribution >= 4 is 17.9 Å². The summed E-state index contributed by atoms with van der Waals surface area (Å²) in [6.07, 6.45) is 2.58. The van der Waals surface area contributed by atoms with E-state index in [4.69, 9.17) is 4.74 Å². The summed E-state index contributed by atoms with van der Waals surface area (Å²) in [5.41, 5.74) is 4.51. The number of benzene rings is 2. The molecule has 1 saturated carbocycles. The van der Waals surface area contributed by atoms with Gasteiger partial charge >= 0.3 is 12.1 Å². The molecule has 2 aliphatic carbocycles. The van der Waals surface area contributed by atoms with E-state index in [-0.39, 0.29) is 30.1 Å². The predicted molar refractivity (Wildman–Crippen MR) is 106 cm³/mol. The number of aromatic carboxylic acids is 1. The summed E-state index contributed by atoms with van der Waals surface area (Å²) < 4.78 is 7.07. The van der Waals surface area contributed by atoms with Crippen LogP contribution in [0.15, 0.2) is 54.9 Å². The lowest BCUT2D eigenvalue weighted by molar-refractivity contribution is 0.0686. The van der Waals surface area contributed by atoms with E-state index in [1.807, 2.05) is 36.4 Å². The van der Waals surface area contributed by atoms with E-state index < -0.39 is 12.1 Å². The maximum Gasteiger partial charge on any atom is 0.412 e. The predicted octanol–water partition coefficient (Wildman–Crippen LogP) is 4.28. The number of carboxylic acid groups (broad SMARTS) is 1. The fourth-order valence-electron chi connectivity index (χ4n) is 4.03. The van der Waals surface area contributed by atoms with Crippen molar-refractivity contribution in [3.05, 3.63) is 71.7 Å². The molecule has 0 unspecified atom stereocenters. The topological polar surface area (TPSA) is 93.5 Å². The van der Waals surface area contributed by atoms with Crippen molar-refractivity contribution in [1.82, 2.24) is 9.55 Å². The van der Waals surface area contributed by atoms with Gasteiger partial charge in [-0.3, -0.25) is 5.32 Å². The van der Waals surface area contributed by atoms with Gasteiger partial charge < -0.3 is 14.4 Å². The zero-order chi connectivity index (χ0) is 20.0. The highest BCUT2D eigenvalue weighted by atomic mass is 16.5. The van der Waals surface area contributed by atoms with Crippen LogP contribution in [0.3, 0.4) is 0 Å². The maximum atomic E-state index is 12.4. The Morgan fingerprint density at radius 2 is 1.69 bits per heavy atom. The molecule has 7 nitrogen and oxygen atoms in total. The number of amides is 1. The molecule has 1 fully saturated rings. The first-order chi connectivity index (χ1) is 14.1. The van der Waals surface area contributed by atoms with Crippen LogP contribution in [0.1, 0.15) is 46.4 Å². The summed E-state index contributed by atoms with van der Waals surface area (Å²) in [5.74, 6) is -1.17. The number of carboxylic acids is 1. The molecule has 146 valence electrons. The normalized spacial score (nSPS) is 14.9. The van der Waals surface area contributed by atoms with Gasteiger partial charge in [0.05, 0.1) is 6.33 Å². The third kappa shape index (κ3) is 3.04. The highest BCUT2D eigenvalue weighted by Gasteiger charge is 2.32. The van der Waals surface area contributed by atoms with Gasteiger partial charge in [0, 0.05) is 12.0 Å². The quantitative estimate of drug-likeness (QED) is 0.679. The minimum atomic E-state index is -1.12. The van der Waals surface area contributed by atoms with Crippen molar-refractivity contribution in [2.75, 3.05) is 11.9 Å². The molecule has 0 atom stereocenters. The second-order valence-corrected chi connectivity index (χ2v) is 7.34. The standard InChI is InChI=1S/C22H19N3O4/c26-21(27)19-20(23-12-25(19)13-9-10-13)24-22(28)29-11-18-16-7-3-1-5-14(16)15-6-2-4-8-17(15)18/h1-8,12-13,18H,9-11H2,(H,24,28)(H,26,27). The molecule has 0 bridgehead atoms. The molecule has 5 rings (SSSR count). The smallest absolute Gasteiger partial charge is 0.412 e. The van der Waals surface area contributed by atoms with Crippen LogP contribution in [0.2, 0.25) is 0 Å². The van der Waals surface area contributed by atoms with Crippen molar-refractivity contribution < 1.29 is 19.4 Å². The Morgan fingerprint density at radius 1 is 1.07 bits per heavy atom. The molecule has 7 heteroatoms. The average Bonchev–Trinajstić information content (AvgIpc) is 3.41. The van der Waals surface area contributed by atoms with Gasteiger partial charge in [-0.1, -0.05) is 48.5 Å². The summed E-state index contributed by atoms with van der Waals surface area (Å²) in [5, 5.41) is 12.0. The molecule has 0 aliphatic heterocycles. The van der Waals surface area contributed by atoms with Crippen molar-refractivity contribution in [3.63, 3.8) is 0 Å². The Balaban J connectivity index is 1.33. The number of carbonyl (C=O) groups excluding carboxylic acids is 1. The van der Waals surface area contributed by atoms with Crippen molar-refractivity contribution in [1.29, 1.82) is 0 Å². The van der Waals surface area contributed by atoms with E-state index in [0.717, 1.165) is 35.1 Å². The molecule has 0 radical (unpaired) electrons. The van der Waals surface area contributed by atoms with Crippen LogP contribution in [0.5, 0.6) is 0 Å². The number of nitrogens with one attached hydrogen (secondary N) is 1. The van der Waals surface area contributed by atoms with Crippen LogP contribution in [0.25, 0.3) is 11.1 Å². The van der Waals surface area contributed by atoms with E-state index in [1.165, 1.54) is 6.33 Å². The Hall–Kier alpha value is -3.61. The Kier molecular flexibility index (Phi) is 4.08. The van der Waals surface area contributed by atoms with Crippen LogP contribution in [-0.2, 0) is 4.74 Å². The zero-order valence-electron chi connectivity index (χ0n) is 15.5. The van der Waals surface area contributed by atoms with Gasteiger partial charge in [0.1, 0.15) is 6.61 Å². The molecule has 1 amide bonds. The number of anilines is 1. The van der Waals surface area contributed by atoms with Crippen LogP contribution in [0.4, 0.5) is 10.6 Å². The highest BCUT2D eigenvalue weighted by molar-refractivity contribution is 5.96. The first-order valence-corrected chi connectivity index (χ1v) is 9.55. The fraction of sp³-hybridized carbons (Fsp3) is 0.227. The second kappa shape index (κ2) is 6.77. The van der Waals surface area contributed by atoms with Crippen LogP contribution in [0, 0.1) is 0 Å². The van der Waals surface area contributed by atoms with Gasteiger partial charge in [-0.15, -0.1) is 0 Å². The summed E-state index contributed by atoms with van der Waals surface area (Å²) in [4.78, 5) is 28.1. The molecule has 2 aromatic carbocycles. The van der Waals surface area contributed by atoms with Crippen molar-refractivity contribution in [3.8, 4) is 11.1 Å². The number of fused-ring (bicyclic) bond motifs is 3. The lowest BCUT2D eigenvalue weighted by atomic mass is 9.98. The highest BCUT2D eigenvalue weighted by Crippen LogP contribution is 2.44. The minimum absolute atomic E-state index is 0.0130. The minimum Gasteiger partial charge on any atom is -0.476 e. The monoisotopic (exact) mass is 389 g/mol. The van der Waals surface area contributed by atoms with E-state index >= 15 is 0 Å². The number of aromatic nitrogens is 2. The van der Waals surface area contributed by atoms with E-state index in [9.17, 15) is 14.7 Å². The van der Waals surface area contributed by atoms with E-state index in [1.54, 1.807) is 4.57 Å². The van der Waals surface area contributed by atoms with Gasteiger partial charge in [0.2, 0.25) is 0 Å². The molecule has 1 aromatic heterocycles. The van der Waals surface area contributed by atoms with Gasteiger partial charge in [-0.25, -0.2) is 14.6 Å². The number of carbonyl (C=O) groups is 2. The lowest BCUT2D eigenvalue weighted by Crippen LogP contribution is -2.20. The Bertz CT molecular complexity index is 1070. The summed E-state index contributed by atoms with van der Waals surface area (Å²) >= 11 is 0. The molecule has 1 heterocycles. The number of hydrogen-bond acceptors (Lipinski definition) is 4. The Labute approximate surface area is 167 Å². The summed E-state index contributed by atoms with van der Waals surface area (Å²) in [6.45, 7) is 0.158. The molecule has 29 heavy (non-hydrogen) atoms. The molecule has 0 saturated heterocycles. The van der Waals surface area contributed by atoms with Crippen LogP contribution < -0.4 is 5.32 Å². The number of imidazole rings is 1. The van der Waals surface area contributed by atoms with Crippen molar-refractivity contribution in [2.24, 2.45) is 0 Å². The third-order valence-corrected chi connectivity index (χ3v) is 5.50. The van der Waals surface area contributed by atoms with Gasteiger partial charge in [0.25, 0.3) is 0 Å². The van der Waals surface area contributed by atoms with Crippen LogP contribution in [-0.4, -0.2) is 33.3 Å². The number of ether oxygens (including phenoxy) is 1. The number of nitrogens with zero attached hydrogens (tertiary/aromatic N) is 2. The van der Waals surface area contributed by atoms with Crippen molar-refractivity contribution in [2.45, 2.75) is 24.8 Å². The first-order valence-electron chi connectivity index (χ1n) is 9.55. The summed E-state index contributed by atoms with van der Waals surface area (Å²) in [6, 6.07) is 16.3. The number of hydrogen-bond donors (Lipinski definition) is 2. The molecule has 2 aliphatic rings. The molecule has 0 spiro atoms. The molecule has 3 aromatic rings. The zero-order valence-corrected chi connectivity index (χ0v) is 15.5. The van der Waals surface area contributed by atoms with Gasteiger partial charge in [-0.05, 0) is 35.1 Å². The maximum absolute atomic E-state index is 12.4. The molecular formula is C22H19N3O4. The van der Waals surface area contributed by atoms with Gasteiger partial charge in [-0.2, -0.15) is 0 Å². The fourth-order valence-corrected chi connectivity index (χ4v) is 4.03. The third-order valence-electron chi connectivity index (χ3n) is 5.50. The second-order valence-electron chi connectivity index (χ2n) is 7.34.